The van der Waals surface area contributed by atoms with Crippen molar-refractivity contribution in [2.75, 3.05) is 41.8 Å². The highest BCUT2D eigenvalue weighted by Gasteiger charge is 2.16. The number of ether oxygens (including phenoxy) is 1. The van der Waals surface area contributed by atoms with Crippen LogP contribution in [0.2, 0.25) is 0 Å². The summed E-state index contributed by atoms with van der Waals surface area (Å²) >= 11 is 1.21. The third-order valence-corrected chi connectivity index (χ3v) is 5.89. The topological polar surface area (TPSA) is 127 Å². The van der Waals surface area contributed by atoms with E-state index in [0.29, 0.717) is 16.7 Å². The Labute approximate surface area is 195 Å². The lowest BCUT2D eigenvalue weighted by Crippen LogP contribution is -2.99. The SMILES string of the molecule is CC(=O)Nc1ccc(Sc2nc(Nc3ccc(N4CCOCC4)cc3)ncc2[NH+]([O-])O)cc1. The Kier molecular flexibility index (Phi) is 7.37. The Balaban J connectivity index is 1.49. The van der Waals surface area contributed by atoms with Crippen molar-refractivity contribution in [2.45, 2.75) is 16.8 Å². The van der Waals surface area contributed by atoms with Crippen molar-refractivity contribution in [1.82, 2.24) is 9.97 Å². The molecule has 2 aromatic carbocycles. The van der Waals surface area contributed by atoms with Gasteiger partial charge in [-0.15, -0.1) is 0 Å². The van der Waals surface area contributed by atoms with E-state index in [1.807, 2.05) is 24.3 Å². The minimum atomic E-state index is -1.10. The van der Waals surface area contributed by atoms with E-state index < -0.39 is 5.23 Å². The zero-order valence-corrected chi connectivity index (χ0v) is 18.8. The third kappa shape index (κ3) is 6.18. The van der Waals surface area contributed by atoms with Crippen molar-refractivity contribution in [3.63, 3.8) is 0 Å². The van der Waals surface area contributed by atoms with Crippen LogP contribution in [-0.4, -0.2) is 47.4 Å². The molecular weight excluding hydrogens is 444 g/mol. The second-order valence-electron chi connectivity index (χ2n) is 7.30. The van der Waals surface area contributed by atoms with Crippen LogP contribution in [0.1, 0.15) is 6.92 Å². The first-order chi connectivity index (χ1) is 16.0. The molecule has 0 bridgehead atoms. The van der Waals surface area contributed by atoms with Gasteiger partial charge in [-0.2, -0.15) is 10.2 Å². The van der Waals surface area contributed by atoms with Crippen LogP contribution in [0.15, 0.2) is 64.6 Å². The fourth-order valence-electron chi connectivity index (χ4n) is 3.28. The van der Waals surface area contributed by atoms with Crippen molar-refractivity contribution >= 4 is 46.4 Å². The number of anilines is 4. The number of hydrogen-bond donors (Lipinski definition) is 4. The van der Waals surface area contributed by atoms with Crippen molar-refractivity contribution in [1.29, 1.82) is 0 Å². The molecular formula is C22H24N6O4S. The first-order valence-corrected chi connectivity index (χ1v) is 11.2. The second kappa shape index (κ2) is 10.6. The molecule has 11 heteroatoms. The molecule has 1 fully saturated rings. The maximum atomic E-state index is 11.7. The van der Waals surface area contributed by atoms with E-state index in [9.17, 15) is 15.2 Å². The number of hydrogen-bond acceptors (Lipinski definition) is 9. The number of morpholine rings is 1. The molecule has 0 saturated carbocycles. The average molecular weight is 469 g/mol. The summed E-state index contributed by atoms with van der Waals surface area (Å²) in [7, 11) is 0. The van der Waals surface area contributed by atoms with Crippen LogP contribution in [0.4, 0.5) is 28.7 Å². The van der Waals surface area contributed by atoms with Crippen LogP contribution in [0, 0.1) is 5.21 Å². The van der Waals surface area contributed by atoms with E-state index >= 15 is 0 Å². The Hall–Kier alpha value is -3.22. The molecule has 4 N–H and O–H groups in total. The summed E-state index contributed by atoms with van der Waals surface area (Å²) in [5.74, 6) is 0.143. The van der Waals surface area contributed by atoms with Crippen LogP contribution >= 0.6 is 11.8 Å². The van der Waals surface area contributed by atoms with Gasteiger partial charge in [0.1, 0.15) is 0 Å². The molecule has 1 unspecified atom stereocenters. The first-order valence-electron chi connectivity index (χ1n) is 10.3. The molecule has 2 heterocycles. The zero-order chi connectivity index (χ0) is 23.2. The number of carbonyl (C=O) groups excluding carboxylic acids is 1. The number of benzene rings is 2. The predicted molar refractivity (Wildman–Crippen MR) is 125 cm³/mol. The predicted octanol–water partition coefficient (Wildman–Crippen LogP) is 2.57. The van der Waals surface area contributed by atoms with E-state index in [1.165, 1.54) is 24.9 Å². The van der Waals surface area contributed by atoms with Gasteiger partial charge in [-0.1, -0.05) is 11.8 Å². The lowest BCUT2D eigenvalue weighted by Gasteiger charge is -2.28. The number of nitrogens with zero attached hydrogens (tertiary/aromatic N) is 3. The molecule has 1 saturated heterocycles. The first kappa shape index (κ1) is 23.0. The van der Waals surface area contributed by atoms with Crippen LogP contribution in [0.3, 0.4) is 0 Å². The molecule has 3 aromatic rings. The second-order valence-corrected chi connectivity index (χ2v) is 8.36. The van der Waals surface area contributed by atoms with E-state index in [2.05, 4.69) is 25.5 Å². The summed E-state index contributed by atoms with van der Waals surface area (Å²) in [4.78, 5) is 22.8. The number of rotatable bonds is 7. The molecule has 172 valence electrons. The Morgan fingerprint density at radius 1 is 1.12 bits per heavy atom. The highest BCUT2D eigenvalue weighted by molar-refractivity contribution is 7.99. The maximum Gasteiger partial charge on any atom is 0.228 e. The van der Waals surface area contributed by atoms with Crippen molar-refractivity contribution in [3.05, 3.63) is 59.9 Å². The van der Waals surface area contributed by atoms with Gasteiger partial charge in [-0.05, 0) is 48.5 Å². The van der Waals surface area contributed by atoms with E-state index in [1.54, 1.807) is 24.3 Å². The summed E-state index contributed by atoms with van der Waals surface area (Å²) in [6.07, 6.45) is 1.30. The van der Waals surface area contributed by atoms with Gasteiger partial charge in [0.15, 0.2) is 5.03 Å². The normalized spacial score (nSPS) is 14.6. The van der Waals surface area contributed by atoms with Gasteiger partial charge in [0.05, 0.1) is 19.4 Å². The fraction of sp³-hybridized carbons (Fsp3) is 0.227. The van der Waals surface area contributed by atoms with Crippen LogP contribution in [0.5, 0.6) is 0 Å². The van der Waals surface area contributed by atoms with Crippen LogP contribution in [-0.2, 0) is 9.53 Å². The molecule has 1 aliphatic heterocycles. The summed E-state index contributed by atoms with van der Waals surface area (Å²) in [5.41, 5.74) is 2.59. The molecule has 1 aliphatic rings. The summed E-state index contributed by atoms with van der Waals surface area (Å²) in [6, 6.07) is 15.0. The quantitative estimate of drug-likeness (QED) is 0.306. The molecule has 33 heavy (non-hydrogen) atoms. The number of nitrogens with one attached hydrogen (secondary N) is 3. The van der Waals surface area contributed by atoms with Gasteiger partial charge < -0.3 is 25.5 Å². The highest BCUT2D eigenvalue weighted by atomic mass is 32.2. The molecule has 0 aliphatic carbocycles. The lowest BCUT2D eigenvalue weighted by atomic mass is 10.2. The van der Waals surface area contributed by atoms with E-state index in [0.717, 1.165) is 42.6 Å². The van der Waals surface area contributed by atoms with Crippen molar-refractivity contribution in [2.24, 2.45) is 0 Å². The number of amides is 1. The van der Waals surface area contributed by atoms with Gasteiger partial charge in [0.2, 0.25) is 17.5 Å². The highest BCUT2D eigenvalue weighted by Crippen LogP contribution is 2.32. The molecule has 1 aromatic heterocycles. The van der Waals surface area contributed by atoms with Crippen LogP contribution < -0.4 is 20.8 Å². The van der Waals surface area contributed by atoms with E-state index in [4.69, 9.17) is 4.74 Å². The van der Waals surface area contributed by atoms with Gasteiger partial charge in [0.25, 0.3) is 0 Å². The van der Waals surface area contributed by atoms with Gasteiger partial charge in [-0.3, -0.25) is 4.79 Å². The molecule has 0 radical (unpaired) electrons. The Bertz CT molecular complexity index is 1090. The zero-order valence-electron chi connectivity index (χ0n) is 17.9. The van der Waals surface area contributed by atoms with Gasteiger partial charge >= 0.3 is 0 Å². The molecule has 1 atom stereocenters. The Morgan fingerprint density at radius 3 is 2.42 bits per heavy atom. The monoisotopic (exact) mass is 468 g/mol. The van der Waals surface area contributed by atoms with Crippen molar-refractivity contribution < 1.29 is 20.0 Å². The fourth-order valence-corrected chi connectivity index (χ4v) is 4.16. The van der Waals surface area contributed by atoms with Crippen LogP contribution in [0.25, 0.3) is 0 Å². The number of quaternary nitrogens is 1. The van der Waals surface area contributed by atoms with Crippen molar-refractivity contribution in [3.8, 4) is 0 Å². The summed E-state index contributed by atoms with van der Waals surface area (Å²) in [6.45, 7) is 4.60. The summed E-state index contributed by atoms with van der Waals surface area (Å²) in [5, 5.41) is 26.3. The molecule has 4 rings (SSSR count). The van der Waals surface area contributed by atoms with E-state index in [-0.39, 0.29) is 11.6 Å². The third-order valence-electron chi connectivity index (χ3n) is 4.87. The smallest absolute Gasteiger partial charge is 0.228 e. The largest absolute Gasteiger partial charge is 0.595 e. The maximum absolute atomic E-state index is 11.7. The molecule has 10 nitrogen and oxygen atoms in total. The van der Waals surface area contributed by atoms with Gasteiger partial charge in [0, 0.05) is 42.0 Å². The number of aromatic nitrogens is 2. The minimum absolute atomic E-state index is 0.0131. The molecule has 0 spiro atoms. The number of carbonyl (C=O) groups is 1. The average Bonchev–Trinajstić information content (AvgIpc) is 2.81. The van der Waals surface area contributed by atoms with Gasteiger partial charge in [-0.25, -0.2) is 10.2 Å². The lowest BCUT2D eigenvalue weighted by molar-refractivity contribution is -0.992. The summed E-state index contributed by atoms with van der Waals surface area (Å²) < 4.78 is 5.39. The standard InChI is InChI=1S/C22H24N6O4S/c1-15(29)24-16-4-8-19(9-5-16)33-21-20(28(30)31)14-23-22(26-21)25-17-2-6-18(7-3-17)27-10-12-32-13-11-27/h2-9,14,28,30H,10-13H2,1H3,(H,24,29)(H,23,25,26). The Morgan fingerprint density at radius 2 is 1.79 bits per heavy atom. The minimum Gasteiger partial charge on any atom is -0.595 e. The molecule has 1 amide bonds.